The van der Waals surface area contributed by atoms with Crippen molar-refractivity contribution in [3.05, 3.63) is 35.4 Å². The van der Waals surface area contributed by atoms with Crippen LogP contribution >= 0.6 is 0 Å². The number of fused-ring (bicyclic) bond motifs is 5. The van der Waals surface area contributed by atoms with Crippen molar-refractivity contribution >= 4 is 5.97 Å². The first-order valence-corrected chi connectivity index (χ1v) is 17.2. The van der Waals surface area contributed by atoms with Gasteiger partial charge in [-0.25, -0.2) is 4.79 Å². The van der Waals surface area contributed by atoms with Gasteiger partial charge in [-0.2, -0.15) is 0 Å². The molecule has 0 heterocycles. The molecule has 10 atom stereocenters. The molecule has 5 fully saturated rings. The maximum absolute atomic E-state index is 11.7. The number of aliphatic hydroxyl groups is 1. The lowest BCUT2D eigenvalue weighted by Gasteiger charge is -2.62. The van der Waals surface area contributed by atoms with Crippen LogP contribution in [0.2, 0.25) is 0 Å². The minimum absolute atomic E-state index is 0.0788. The Balaban J connectivity index is 0.000000568. The molecular weight excluding hydrogens is 492 g/mol. The number of carboxylic acids is 1. The van der Waals surface area contributed by atoms with E-state index in [1.165, 1.54) is 77.0 Å². The first-order chi connectivity index (χ1) is 19.2. The van der Waals surface area contributed by atoms with E-state index in [2.05, 4.69) is 27.7 Å². The van der Waals surface area contributed by atoms with Crippen molar-refractivity contribution in [2.45, 2.75) is 143 Å². The Morgan fingerprint density at radius 2 is 1.57 bits per heavy atom. The zero-order valence-corrected chi connectivity index (χ0v) is 26.6. The number of carbonyl (C=O) groups is 1. The Kier molecular flexibility index (Phi) is 10.5. The molecule has 226 valence electrons. The Bertz CT molecular complexity index is 970. The molecule has 0 bridgehead atoms. The second-order valence-corrected chi connectivity index (χ2v) is 14.4. The van der Waals surface area contributed by atoms with Gasteiger partial charge in [-0.05, 0) is 128 Å². The fraction of sp³-hybridized carbons (Fsp3) is 0.811. The van der Waals surface area contributed by atoms with Gasteiger partial charge in [0.2, 0.25) is 0 Å². The predicted octanol–water partition coefficient (Wildman–Crippen LogP) is 10.1. The van der Waals surface area contributed by atoms with Gasteiger partial charge in [-0.15, -0.1) is 0 Å². The van der Waals surface area contributed by atoms with Crippen LogP contribution in [0.25, 0.3) is 0 Å². The molecule has 1 aromatic carbocycles. The molecule has 9 unspecified atom stereocenters. The molecule has 5 saturated carbocycles. The van der Waals surface area contributed by atoms with E-state index in [0.717, 1.165) is 36.2 Å². The summed E-state index contributed by atoms with van der Waals surface area (Å²) in [4.78, 5) is 11.7. The summed E-state index contributed by atoms with van der Waals surface area (Å²) in [6.45, 7) is 13.5. The topological polar surface area (TPSA) is 57.5 Å². The average molecular weight is 553 g/mol. The van der Waals surface area contributed by atoms with E-state index in [4.69, 9.17) is 0 Å². The van der Waals surface area contributed by atoms with Crippen LogP contribution in [-0.2, 0) is 0 Å². The molecule has 3 nitrogen and oxygen atoms in total. The van der Waals surface area contributed by atoms with Crippen LogP contribution in [-0.4, -0.2) is 22.3 Å². The molecule has 2 N–H and O–H groups in total. The Labute approximate surface area is 245 Å². The molecule has 0 saturated heterocycles. The Morgan fingerprint density at radius 1 is 0.875 bits per heavy atom. The van der Waals surface area contributed by atoms with Crippen molar-refractivity contribution in [3.63, 3.8) is 0 Å². The van der Waals surface area contributed by atoms with Crippen molar-refractivity contribution in [1.29, 1.82) is 0 Å². The second-order valence-electron chi connectivity index (χ2n) is 14.4. The van der Waals surface area contributed by atoms with Gasteiger partial charge in [0.1, 0.15) is 0 Å². The van der Waals surface area contributed by atoms with Crippen molar-refractivity contribution in [1.82, 2.24) is 0 Å². The van der Waals surface area contributed by atoms with Crippen LogP contribution in [0.15, 0.2) is 24.3 Å². The van der Waals surface area contributed by atoms with Gasteiger partial charge in [0.05, 0.1) is 11.7 Å². The fourth-order valence-electron chi connectivity index (χ4n) is 10.2. The lowest BCUT2D eigenvalue weighted by Crippen LogP contribution is -2.57. The number of aromatic carboxylic acids is 1. The molecule has 5 aliphatic carbocycles. The number of hydrogen-bond acceptors (Lipinski definition) is 2. The van der Waals surface area contributed by atoms with Crippen LogP contribution in [0.4, 0.5) is 0 Å². The third kappa shape index (κ3) is 5.93. The van der Waals surface area contributed by atoms with Gasteiger partial charge < -0.3 is 10.2 Å². The summed E-state index contributed by atoms with van der Waals surface area (Å²) in [7, 11) is 0. The average Bonchev–Trinajstić information content (AvgIpc) is 3.66. The third-order valence-electron chi connectivity index (χ3n) is 12.7. The lowest BCUT2D eigenvalue weighted by molar-refractivity contribution is -0.162. The van der Waals surface area contributed by atoms with Crippen molar-refractivity contribution in [2.75, 3.05) is 0 Å². The molecule has 0 radical (unpaired) electrons. The highest BCUT2D eigenvalue weighted by molar-refractivity contribution is 5.89. The lowest BCUT2D eigenvalue weighted by atomic mass is 9.44. The standard InChI is InChI=1S/C31H44O3.C4H10.C2H6/c1-30-15-6-5-7-21(30)18-27(32)28-25-13-12-20(31(25,2)16-14-26(28)30)11-10-19-17-24(19)22-8-3-4-9-23(22)29(33)34;1-3-4-2;1-2/h3-4,8-9,19-21,24-28,32H,5-7,10-18H2,1-2H3,(H,33,34);3-4H2,1-2H3;1-2H3/t19?,20?,21?,24?,25?,26?,27-,28?,30?,31?;;/m1../s1. The van der Waals surface area contributed by atoms with Gasteiger partial charge in [0.25, 0.3) is 0 Å². The van der Waals surface area contributed by atoms with Gasteiger partial charge in [-0.3, -0.25) is 0 Å². The third-order valence-corrected chi connectivity index (χ3v) is 12.7. The van der Waals surface area contributed by atoms with E-state index in [1.807, 2.05) is 32.0 Å². The molecule has 5 aliphatic rings. The van der Waals surface area contributed by atoms with Crippen molar-refractivity contribution in [2.24, 2.45) is 46.3 Å². The first kappa shape index (κ1) is 31.6. The zero-order chi connectivity index (χ0) is 29.1. The summed E-state index contributed by atoms with van der Waals surface area (Å²) in [6.07, 6.45) is 18.1. The predicted molar refractivity (Wildman–Crippen MR) is 167 cm³/mol. The number of hydrogen-bond donors (Lipinski definition) is 2. The molecule has 0 aliphatic heterocycles. The van der Waals surface area contributed by atoms with Gasteiger partial charge in [0.15, 0.2) is 0 Å². The smallest absolute Gasteiger partial charge is 0.335 e. The van der Waals surface area contributed by atoms with Crippen LogP contribution in [0.5, 0.6) is 0 Å². The van der Waals surface area contributed by atoms with E-state index in [-0.39, 0.29) is 6.10 Å². The number of carboxylic acid groups (broad SMARTS) is 1. The molecule has 40 heavy (non-hydrogen) atoms. The fourth-order valence-corrected chi connectivity index (χ4v) is 10.2. The number of benzene rings is 1. The Hall–Kier alpha value is -1.35. The highest BCUT2D eigenvalue weighted by atomic mass is 16.4. The summed E-state index contributed by atoms with van der Waals surface area (Å²) in [5.74, 6) is 3.80. The highest BCUT2D eigenvalue weighted by Gasteiger charge is 2.61. The Morgan fingerprint density at radius 3 is 2.27 bits per heavy atom. The maximum Gasteiger partial charge on any atom is 0.335 e. The molecule has 3 heteroatoms. The molecule has 0 amide bonds. The summed E-state index contributed by atoms with van der Waals surface area (Å²) in [5, 5.41) is 21.0. The summed E-state index contributed by atoms with van der Waals surface area (Å²) >= 11 is 0. The molecule has 1 aromatic rings. The normalized spacial score (nSPS) is 41.2. The number of rotatable bonds is 6. The summed E-state index contributed by atoms with van der Waals surface area (Å²) < 4.78 is 0. The van der Waals surface area contributed by atoms with Crippen LogP contribution in [0.1, 0.15) is 153 Å². The van der Waals surface area contributed by atoms with Crippen LogP contribution in [0.3, 0.4) is 0 Å². The number of unbranched alkanes of at least 4 members (excludes halogenated alkanes) is 1. The van der Waals surface area contributed by atoms with Gasteiger partial charge in [-0.1, -0.05) is 85.4 Å². The zero-order valence-electron chi connectivity index (χ0n) is 26.6. The summed E-state index contributed by atoms with van der Waals surface area (Å²) in [5.41, 5.74) is 2.42. The molecule has 0 aromatic heterocycles. The minimum Gasteiger partial charge on any atom is -0.478 e. The van der Waals surface area contributed by atoms with Gasteiger partial charge in [0, 0.05) is 0 Å². The van der Waals surface area contributed by atoms with Gasteiger partial charge >= 0.3 is 5.97 Å². The second kappa shape index (κ2) is 13.3. The van der Waals surface area contributed by atoms with Crippen molar-refractivity contribution < 1.29 is 15.0 Å². The van der Waals surface area contributed by atoms with E-state index >= 15 is 0 Å². The molecule has 0 spiro atoms. The quantitative estimate of drug-likeness (QED) is 0.369. The van der Waals surface area contributed by atoms with E-state index in [0.29, 0.717) is 40.1 Å². The summed E-state index contributed by atoms with van der Waals surface area (Å²) in [6, 6.07) is 7.63. The van der Waals surface area contributed by atoms with Crippen LogP contribution in [0, 0.1) is 46.3 Å². The monoisotopic (exact) mass is 552 g/mol. The van der Waals surface area contributed by atoms with Crippen LogP contribution < -0.4 is 0 Å². The minimum atomic E-state index is -0.788. The molecule has 6 rings (SSSR count). The molecular formula is C37H60O3. The largest absolute Gasteiger partial charge is 0.478 e. The van der Waals surface area contributed by atoms with E-state index in [9.17, 15) is 15.0 Å². The van der Waals surface area contributed by atoms with E-state index < -0.39 is 5.97 Å². The number of aliphatic hydroxyl groups excluding tert-OH is 1. The van der Waals surface area contributed by atoms with E-state index in [1.54, 1.807) is 6.07 Å². The SMILES string of the molecule is CC.CC12CCC3C(C1CCC2CCC1CC1c1ccccc1C(=O)O)[C@H](O)CC1CCCCC13C.CCCC. The maximum atomic E-state index is 11.7. The highest BCUT2D eigenvalue weighted by Crippen LogP contribution is 2.68. The first-order valence-electron chi connectivity index (χ1n) is 17.2. The van der Waals surface area contributed by atoms with Crippen molar-refractivity contribution in [3.8, 4) is 0 Å².